The first-order chi connectivity index (χ1) is 22.6. The van der Waals surface area contributed by atoms with Gasteiger partial charge in [0.25, 0.3) is 17.7 Å². The summed E-state index contributed by atoms with van der Waals surface area (Å²) in [5.74, 6) is -0.458. The maximum absolute atomic E-state index is 13.9. The van der Waals surface area contributed by atoms with Gasteiger partial charge in [-0.2, -0.15) is 0 Å². The Morgan fingerprint density at radius 1 is 0.851 bits per heavy atom. The minimum atomic E-state index is -0.543. The van der Waals surface area contributed by atoms with Crippen molar-refractivity contribution in [2.45, 2.75) is 45.4 Å². The number of anilines is 2. The fraction of sp³-hybridized carbons (Fsp3) is 0.243. The predicted octanol–water partition coefficient (Wildman–Crippen LogP) is 5.51. The summed E-state index contributed by atoms with van der Waals surface area (Å²) in [4.78, 5) is 54.3. The number of primary amides is 1. The second kappa shape index (κ2) is 13.0. The molecule has 240 valence electrons. The topological polar surface area (TPSA) is 131 Å². The molecule has 0 aromatic heterocycles. The van der Waals surface area contributed by atoms with E-state index in [2.05, 4.69) is 17.4 Å². The van der Waals surface area contributed by atoms with Crippen LogP contribution in [0, 0.1) is 0 Å². The Morgan fingerprint density at radius 2 is 1.62 bits per heavy atom. The Kier molecular flexibility index (Phi) is 8.67. The minimum Gasteiger partial charge on any atom is -0.493 e. The van der Waals surface area contributed by atoms with Gasteiger partial charge in [0.2, 0.25) is 5.91 Å². The number of rotatable bonds is 12. The van der Waals surface area contributed by atoms with Crippen molar-refractivity contribution in [3.8, 4) is 11.5 Å². The molecule has 2 heterocycles. The lowest BCUT2D eigenvalue weighted by Crippen LogP contribution is -2.29. The molecule has 4 aromatic carbocycles. The first-order valence-electron chi connectivity index (χ1n) is 15.5. The second-order valence-corrected chi connectivity index (χ2v) is 11.8. The molecule has 10 heteroatoms. The van der Waals surface area contributed by atoms with Gasteiger partial charge in [0, 0.05) is 23.0 Å². The number of nitrogens with one attached hydrogen (secondary N) is 1. The molecule has 10 nitrogen and oxygen atoms in total. The summed E-state index contributed by atoms with van der Waals surface area (Å²) in [5, 5.41) is 2.85. The van der Waals surface area contributed by atoms with Crippen molar-refractivity contribution in [1.29, 1.82) is 0 Å². The number of benzene rings is 4. The summed E-state index contributed by atoms with van der Waals surface area (Å²) in [6, 6.07) is 25.7. The summed E-state index contributed by atoms with van der Waals surface area (Å²) in [6.07, 6.45) is 1.59. The molecule has 2 atom stereocenters. The zero-order valence-electron chi connectivity index (χ0n) is 26.5. The minimum absolute atomic E-state index is 0.00668. The molecule has 2 aliphatic heterocycles. The first kappa shape index (κ1) is 31.3. The number of nitrogens with two attached hydrogens (primary N) is 1. The highest BCUT2D eigenvalue weighted by atomic mass is 16.5. The molecule has 0 bridgehead atoms. The second-order valence-electron chi connectivity index (χ2n) is 11.8. The Labute approximate surface area is 273 Å². The van der Waals surface area contributed by atoms with Crippen molar-refractivity contribution in [3.05, 3.63) is 118 Å². The van der Waals surface area contributed by atoms with Gasteiger partial charge in [-0.15, -0.1) is 0 Å². The molecular weight excluding hydrogens is 596 g/mol. The number of nitrogens with zero attached hydrogens (tertiary/aromatic N) is 2. The van der Waals surface area contributed by atoms with Crippen molar-refractivity contribution < 1.29 is 28.7 Å². The van der Waals surface area contributed by atoms with E-state index in [0.29, 0.717) is 34.0 Å². The maximum Gasteiger partial charge on any atom is 0.261 e. The van der Waals surface area contributed by atoms with Crippen LogP contribution in [0.15, 0.2) is 84.9 Å². The number of carbonyl (C=O) groups excluding carboxylic acids is 4. The summed E-state index contributed by atoms with van der Waals surface area (Å²) in [5.41, 5.74) is 10.2. The van der Waals surface area contributed by atoms with Crippen LogP contribution >= 0.6 is 0 Å². The number of hydrogen-bond donors (Lipinski definition) is 2. The van der Waals surface area contributed by atoms with Gasteiger partial charge in [0.15, 0.2) is 11.5 Å². The van der Waals surface area contributed by atoms with Crippen molar-refractivity contribution in [2.75, 3.05) is 23.9 Å². The average Bonchev–Trinajstić information content (AvgIpc) is 3.46. The standard InChI is InChI=1S/C37H36N4O6/c1-22(9-10-24-7-5-4-6-8-24)47-33-19-27(13-16-32(33)46-3)41-23(2)28-14-11-25(17-30(28)37(41)45)21-40-35(43)29-15-12-26(39-20-34(38)42)18-31(29)36(40)44/h4-8,11-19,22-23,39H,9-10,20-21H2,1-3H3,(H2,38,42). The van der Waals surface area contributed by atoms with Crippen LogP contribution in [0.4, 0.5) is 11.4 Å². The number of carbonyl (C=O) groups is 4. The highest BCUT2D eigenvalue weighted by Crippen LogP contribution is 2.41. The third-order valence-corrected chi connectivity index (χ3v) is 8.62. The van der Waals surface area contributed by atoms with Crippen LogP contribution in [-0.2, 0) is 17.8 Å². The lowest BCUT2D eigenvalue weighted by Gasteiger charge is -2.24. The van der Waals surface area contributed by atoms with Gasteiger partial charge in [-0.25, -0.2) is 0 Å². The van der Waals surface area contributed by atoms with Crippen molar-refractivity contribution in [2.24, 2.45) is 5.73 Å². The third-order valence-electron chi connectivity index (χ3n) is 8.62. The van der Waals surface area contributed by atoms with E-state index >= 15 is 0 Å². The van der Waals surface area contributed by atoms with E-state index < -0.39 is 17.7 Å². The largest absolute Gasteiger partial charge is 0.493 e. The molecule has 2 aliphatic rings. The third kappa shape index (κ3) is 6.27. The molecule has 4 aromatic rings. The van der Waals surface area contributed by atoms with Crippen molar-refractivity contribution >= 4 is 35.0 Å². The number of methoxy groups -OCH3 is 1. The molecule has 0 fully saturated rings. The molecule has 0 radical (unpaired) electrons. The van der Waals surface area contributed by atoms with E-state index in [0.717, 1.165) is 23.3 Å². The average molecular weight is 633 g/mol. The molecule has 2 unspecified atom stereocenters. The Bertz CT molecular complexity index is 1870. The zero-order chi connectivity index (χ0) is 33.2. The number of imide groups is 1. The van der Waals surface area contributed by atoms with Crippen LogP contribution in [-0.4, -0.2) is 48.3 Å². The molecule has 4 amide bonds. The molecular formula is C37H36N4O6. The monoisotopic (exact) mass is 632 g/mol. The van der Waals surface area contributed by atoms with Crippen molar-refractivity contribution in [1.82, 2.24) is 4.90 Å². The normalized spacial score (nSPS) is 15.8. The lowest BCUT2D eigenvalue weighted by atomic mass is 10.0. The van der Waals surface area contributed by atoms with Crippen LogP contribution in [0.1, 0.15) is 74.1 Å². The molecule has 47 heavy (non-hydrogen) atoms. The van der Waals surface area contributed by atoms with E-state index in [1.165, 1.54) is 5.56 Å². The number of aryl methyl sites for hydroxylation is 1. The van der Waals surface area contributed by atoms with Gasteiger partial charge >= 0.3 is 0 Å². The molecule has 0 spiro atoms. The van der Waals surface area contributed by atoms with E-state index in [4.69, 9.17) is 15.2 Å². The molecule has 0 saturated heterocycles. The quantitative estimate of drug-likeness (QED) is 0.197. The highest BCUT2D eigenvalue weighted by Gasteiger charge is 2.38. The summed E-state index contributed by atoms with van der Waals surface area (Å²) < 4.78 is 11.9. The lowest BCUT2D eigenvalue weighted by molar-refractivity contribution is -0.116. The fourth-order valence-electron chi connectivity index (χ4n) is 6.15. The summed E-state index contributed by atoms with van der Waals surface area (Å²) >= 11 is 0. The molecule has 0 aliphatic carbocycles. The zero-order valence-corrected chi connectivity index (χ0v) is 26.5. The van der Waals surface area contributed by atoms with Gasteiger partial charge in [0.05, 0.1) is 43.5 Å². The van der Waals surface area contributed by atoms with Gasteiger partial charge in [0.1, 0.15) is 0 Å². The molecule has 3 N–H and O–H groups in total. The van der Waals surface area contributed by atoms with Crippen LogP contribution < -0.4 is 25.4 Å². The number of ether oxygens (including phenoxy) is 2. The van der Waals surface area contributed by atoms with Crippen LogP contribution in [0.25, 0.3) is 0 Å². The van der Waals surface area contributed by atoms with E-state index in [1.807, 2.05) is 56.3 Å². The Hall–Kier alpha value is -5.64. The summed E-state index contributed by atoms with van der Waals surface area (Å²) in [6.45, 7) is 3.89. The van der Waals surface area contributed by atoms with E-state index in [9.17, 15) is 19.2 Å². The summed E-state index contributed by atoms with van der Waals surface area (Å²) in [7, 11) is 1.59. The smallest absolute Gasteiger partial charge is 0.261 e. The van der Waals surface area contributed by atoms with E-state index in [-0.39, 0.29) is 42.3 Å². The number of amides is 4. The van der Waals surface area contributed by atoms with Gasteiger partial charge < -0.3 is 25.4 Å². The Morgan fingerprint density at radius 3 is 2.36 bits per heavy atom. The van der Waals surface area contributed by atoms with E-state index in [1.54, 1.807) is 42.3 Å². The number of fused-ring (bicyclic) bond motifs is 2. The van der Waals surface area contributed by atoms with Crippen LogP contribution in [0.5, 0.6) is 11.5 Å². The van der Waals surface area contributed by atoms with Crippen LogP contribution in [0.3, 0.4) is 0 Å². The van der Waals surface area contributed by atoms with Gasteiger partial charge in [-0.1, -0.05) is 42.5 Å². The molecule has 0 saturated carbocycles. The first-order valence-corrected chi connectivity index (χ1v) is 15.5. The predicted molar refractivity (Wildman–Crippen MR) is 178 cm³/mol. The van der Waals surface area contributed by atoms with Crippen LogP contribution in [0.2, 0.25) is 0 Å². The number of hydrogen-bond acceptors (Lipinski definition) is 7. The fourth-order valence-corrected chi connectivity index (χ4v) is 6.15. The van der Waals surface area contributed by atoms with Gasteiger partial charge in [-0.05, 0) is 79.8 Å². The highest BCUT2D eigenvalue weighted by molar-refractivity contribution is 6.21. The SMILES string of the molecule is COc1ccc(N2C(=O)c3cc(CN4C(=O)c5ccc(NCC(N)=O)cc5C4=O)ccc3C2C)cc1OC(C)CCc1ccccc1. The van der Waals surface area contributed by atoms with Gasteiger partial charge in [-0.3, -0.25) is 24.1 Å². The molecule has 6 rings (SSSR count). The Balaban J connectivity index is 1.18. The van der Waals surface area contributed by atoms with Crippen molar-refractivity contribution in [3.63, 3.8) is 0 Å². The maximum atomic E-state index is 13.9.